The largest absolute Gasteiger partial charge is 0.481 e. The van der Waals surface area contributed by atoms with E-state index in [1.807, 2.05) is 19.9 Å². The summed E-state index contributed by atoms with van der Waals surface area (Å²) in [6.45, 7) is 6.82. The molecule has 14 heteroatoms. The third kappa shape index (κ3) is 7.10. The van der Waals surface area contributed by atoms with Crippen LogP contribution in [0.1, 0.15) is 84.9 Å². The van der Waals surface area contributed by atoms with Crippen molar-refractivity contribution in [3.8, 4) is 0 Å². The van der Waals surface area contributed by atoms with Gasteiger partial charge in [0.1, 0.15) is 0 Å². The van der Waals surface area contributed by atoms with Crippen LogP contribution in [0.3, 0.4) is 0 Å². The zero-order chi connectivity index (χ0) is 33.6. The lowest BCUT2D eigenvalue weighted by molar-refractivity contribution is -0.150. The van der Waals surface area contributed by atoms with Crippen LogP contribution in [0.4, 0.5) is 38.0 Å². The highest BCUT2D eigenvalue weighted by atomic mass is 19.4. The summed E-state index contributed by atoms with van der Waals surface area (Å²) in [5.74, 6) is -0.403. The first-order valence-electron chi connectivity index (χ1n) is 15.3. The average Bonchev–Trinajstić information content (AvgIpc) is 3.31. The molecule has 0 amide bonds. The van der Waals surface area contributed by atoms with Crippen molar-refractivity contribution < 1.29 is 36.2 Å². The van der Waals surface area contributed by atoms with Gasteiger partial charge in [-0.25, -0.2) is 0 Å². The Hall–Kier alpha value is -3.84. The molecule has 1 N–H and O–H groups in total. The number of hydrogen-bond donors (Lipinski definition) is 1. The topological polar surface area (TPSA) is 87.4 Å². The molecule has 250 valence electrons. The zero-order valence-electron chi connectivity index (χ0n) is 26.2. The number of aliphatic carboxylic acids is 1. The van der Waals surface area contributed by atoms with Crippen LogP contribution < -0.4 is 9.80 Å². The van der Waals surface area contributed by atoms with Gasteiger partial charge in [-0.05, 0) is 105 Å². The Morgan fingerprint density at radius 3 is 2.17 bits per heavy atom. The van der Waals surface area contributed by atoms with Crippen LogP contribution in [0.25, 0.3) is 0 Å². The number of carboxylic acid groups (broad SMARTS) is 1. The minimum atomic E-state index is -4.98. The fourth-order valence-corrected chi connectivity index (χ4v) is 6.97. The van der Waals surface area contributed by atoms with Gasteiger partial charge in [0.2, 0.25) is 0 Å². The quantitative estimate of drug-likeness (QED) is 0.265. The zero-order valence-corrected chi connectivity index (χ0v) is 26.2. The number of rotatable bonds is 7. The average molecular weight is 653 g/mol. The van der Waals surface area contributed by atoms with Crippen molar-refractivity contribution in [1.29, 1.82) is 0 Å². The van der Waals surface area contributed by atoms with Crippen molar-refractivity contribution in [1.82, 2.24) is 20.2 Å². The Labute approximate surface area is 263 Å². The fraction of sp³-hybridized carbons (Fsp3) is 0.562. The molecule has 2 aromatic carbocycles. The summed E-state index contributed by atoms with van der Waals surface area (Å²) < 4.78 is 82.5. The van der Waals surface area contributed by atoms with Crippen LogP contribution in [0.2, 0.25) is 0 Å². The van der Waals surface area contributed by atoms with E-state index >= 15 is 0 Å². The van der Waals surface area contributed by atoms with Crippen LogP contribution in [0.5, 0.6) is 0 Å². The number of benzene rings is 2. The van der Waals surface area contributed by atoms with E-state index in [2.05, 4.69) is 26.4 Å². The highest BCUT2D eigenvalue weighted by Gasteiger charge is 2.40. The van der Waals surface area contributed by atoms with E-state index < -0.39 is 40.9 Å². The molecule has 3 aromatic rings. The van der Waals surface area contributed by atoms with Crippen LogP contribution in [0, 0.1) is 25.2 Å². The Morgan fingerprint density at radius 2 is 1.63 bits per heavy atom. The first-order valence-corrected chi connectivity index (χ1v) is 15.3. The van der Waals surface area contributed by atoms with E-state index in [4.69, 9.17) is 0 Å². The minimum absolute atomic E-state index is 0.0947. The van der Waals surface area contributed by atoms with Gasteiger partial charge in [-0.3, -0.25) is 4.79 Å². The van der Waals surface area contributed by atoms with E-state index in [1.54, 1.807) is 11.8 Å². The molecule has 0 bridgehead atoms. The molecule has 1 aliphatic carbocycles. The normalized spacial score (nSPS) is 22.3. The summed E-state index contributed by atoms with van der Waals surface area (Å²) in [6.07, 6.45) is -6.00. The van der Waals surface area contributed by atoms with Crippen LogP contribution in [-0.4, -0.2) is 44.4 Å². The first kappa shape index (κ1) is 33.5. The van der Waals surface area contributed by atoms with Gasteiger partial charge in [-0.1, -0.05) is 22.8 Å². The molecule has 0 radical (unpaired) electrons. The molecule has 1 fully saturated rings. The van der Waals surface area contributed by atoms with E-state index in [9.17, 15) is 36.2 Å². The summed E-state index contributed by atoms with van der Waals surface area (Å²) in [5.41, 5.74) is 0.146. The maximum Gasteiger partial charge on any atom is 0.416 e. The number of anilines is 2. The summed E-state index contributed by atoms with van der Waals surface area (Å²) in [4.78, 5) is 17.0. The second-order valence-electron chi connectivity index (χ2n) is 13.1. The van der Waals surface area contributed by atoms with E-state index in [0.717, 1.165) is 47.4 Å². The van der Waals surface area contributed by atoms with Crippen molar-refractivity contribution in [2.24, 2.45) is 18.4 Å². The molecule has 8 nitrogen and oxygen atoms in total. The molecule has 1 unspecified atom stereocenters. The van der Waals surface area contributed by atoms with Gasteiger partial charge in [0.15, 0.2) is 0 Å². The third-order valence-corrected chi connectivity index (χ3v) is 9.39. The highest BCUT2D eigenvalue weighted by Crippen LogP contribution is 2.44. The third-order valence-electron chi connectivity index (χ3n) is 9.39. The number of aryl methyl sites for hydroxylation is 3. The molecule has 1 saturated carbocycles. The van der Waals surface area contributed by atoms with Crippen molar-refractivity contribution in [3.05, 3.63) is 63.7 Å². The van der Waals surface area contributed by atoms with Crippen molar-refractivity contribution in [2.45, 2.75) is 84.2 Å². The van der Waals surface area contributed by atoms with Gasteiger partial charge < -0.3 is 14.9 Å². The van der Waals surface area contributed by atoms with Gasteiger partial charge in [0.25, 0.3) is 5.95 Å². The maximum atomic E-state index is 13.8. The fourth-order valence-electron chi connectivity index (χ4n) is 6.97. The van der Waals surface area contributed by atoms with Gasteiger partial charge in [0.05, 0.1) is 29.6 Å². The second kappa shape index (κ2) is 12.4. The molecule has 0 spiro atoms. The summed E-state index contributed by atoms with van der Waals surface area (Å²) in [7, 11) is 1.54. The van der Waals surface area contributed by atoms with Gasteiger partial charge >= 0.3 is 18.3 Å². The second-order valence-corrected chi connectivity index (χ2v) is 13.1. The monoisotopic (exact) mass is 652 g/mol. The minimum Gasteiger partial charge on any atom is -0.481 e. The van der Waals surface area contributed by atoms with Crippen LogP contribution in [-0.2, 0) is 30.7 Å². The smallest absolute Gasteiger partial charge is 0.416 e. The molecule has 2 heterocycles. The highest BCUT2D eigenvalue weighted by molar-refractivity contribution is 5.74. The predicted molar refractivity (Wildman–Crippen MR) is 159 cm³/mol. The molecular formula is C32H38F6N6O2. The van der Waals surface area contributed by atoms with E-state index in [1.165, 1.54) is 11.8 Å². The van der Waals surface area contributed by atoms with E-state index in [0.29, 0.717) is 38.8 Å². The molecule has 1 aliphatic heterocycles. The Kier molecular flexibility index (Phi) is 9.04. The lowest BCUT2D eigenvalue weighted by Gasteiger charge is -2.38. The first-order chi connectivity index (χ1) is 21.4. The van der Waals surface area contributed by atoms with Crippen LogP contribution in [0.15, 0.2) is 30.3 Å². The van der Waals surface area contributed by atoms with Gasteiger partial charge in [-0.2, -0.15) is 31.1 Å². The number of alkyl halides is 6. The molecule has 0 saturated heterocycles. The van der Waals surface area contributed by atoms with E-state index in [-0.39, 0.29) is 30.0 Å². The lowest BCUT2D eigenvalue weighted by Crippen LogP contribution is -2.37. The molecule has 1 atom stereocenters. The Balaban J connectivity index is 1.55. The number of nitrogens with zero attached hydrogens (tertiary/aromatic N) is 6. The molecule has 46 heavy (non-hydrogen) atoms. The predicted octanol–water partition coefficient (Wildman–Crippen LogP) is 7.49. The maximum absolute atomic E-state index is 13.8. The molecule has 2 aliphatic rings. The number of hydrogen-bond acceptors (Lipinski definition) is 6. The summed E-state index contributed by atoms with van der Waals surface area (Å²) in [6, 6.07) is 5.22. The Bertz CT molecular complexity index is 1550. The number of carboxylic acids is 1. The lowest BCUT2D eigenvalue weighted by atomic mass is 9.71. The molecule has 1 aromatic heterocycles. The number of tetrazole rings is 1. The number of fused-ring (bicyclic) bond motifs is 1. The van der Waals surface area contributed by atoms with Gasteiger partial charge in [-0.15, -0.1) is 5.10 Å². The summed E-state index contributed by atoms with van der Waals surface area (Å²) in [5, 5.41) is 22.1. The Morgan fingerprint density at radius 1 is 1.00 bits per heavy atom. The molecular weight excluding hydrogens is 614 g/mol. The molecule has 5 rings (SSSR count). The van der Waals surface area contributed by atoms with Gasteiger partial charge in [0, 0.05) is 25.3 Å². The standard InChI is InChI=1S/C32H38F6N6O2/c1-19-12-20(2)27-25(13-19)26(6-5-11-43(27)17-21-7-9-30(3,10-8-21)28(45)46)44(29-39-41-42(4)40-29)18-22-14-23(31(33,34)35)16-24(15-22)32(36,37)38/h12-16,21,26H,5-11,17-18H2,1-4H3,(H,45,46). The van der Waals surface area contributed by atoms with Crippen LogP contribution >= 0.6 is 0 Å². The number of carbonyl (C=O) groups is 1. The SMILES string of the molecule is Cc1cc(C)c2c(c1)C(N(Cc1cc(C(F)(F)F)cc(C(F)(F)F)c1)c1nnn(C)n1)CCCN2CC1CCC(C)(C(=O)O)CC1. The number of halogens is 6. The van der Waals surface area contributed by atoms with Crippen molar-refractivity contribution >= 4 is 17.6 Å². The van der Waals surface area contributed by atoms with Crippen molar-refractivity contribution in [3.63, 3.8) is 0 Å². The summed E-state index contributed by atoms with van der Waals surface area (Å²) >= 11 is 0. The number of aromatic nitrogens is 4. The van der Waals surface area contributed by atoms with Crippen molar-refractivity contribution in [2.75, 3.05) is 22.9 Å².